The predicted octanol–water partition coefficient (Wildman–Crippen LogP) is 4.67. The molecule has 3 rings (SSSR count). The zero-order chi connectivity index (χ0) is 19.9. The monoisotopic (exact) mass is 372 g/mol. The van der Waals surface area contributed by atoms with Gasteiger partial charge in [-0.15, -0.1) is 0 Å². The van der Waals surface area contributed by atoms with Crippen LogP contribution in [0.1, 0.15) is 57.8 Å². The fourth-order valence-electron chi connectivity index (χ4n) is 3.01. The zero-order valence-electron chi connectivity index (χ0n) is 16.1. The molecule has 3 aromatic carbocycles. The molecule has 0 aliphatic carbocycles. The second-order valence-corrected chi connectivity index (χ2v) is 6.79. The first-order valence-electron chi connectivity index (χ1n) is 9.36. The molecule has 2 atom stereocenters. The lowest BCUT2D eigenvalue weighted by atomic mass is 10.1. The maximum atomic E-state index is 12.6. The molecule has 2 N–H and O–H groups in total. The lowest BCUT2D eigenvalue weighted by Crippen LogP contribution is -2.28. The summed E-state index contributed by atoms with van der Waals surface area (Å²) in [6, 6.07) is 26.1. The Bertz CT molecular complexity index is 864. The normalized spacial score (nSPS) is 12.6. The molecule has 3 aromatic rings. The highest BCUT2D eigenvalue weighted by Gasteiger charge is 2.15. The first-order chi connectivity index (χ1) is 13.5. The van der Waals surface area contributed by atoms with E-state index in [1.165, 1.54) is 0 Å². The summed E-state index contributed by atoms with van der Waals surface area (Å²) in [5, 5.41) is 5.95. The Balaban J connectivity index is 1.67. The van der Waals surface area contributed by atoms with E-state index in [4.69, 9.17) is 0 Å². The topological polar surface area (TPSA) is 58.2 Å². The molecule has 142 valence electrons. The second kappa shape index (κ2) is 9.00. The van der Waals surface area contributed by atoms with Crippen molar-refractivity contribution in [1.29, 1.82) is 0 Å². The summed E-state index contributed by atoms with van der Waals surface area (Å²) in [7, 11) is 0. The Kier molecular flexibility index (Phi) is 6.22. The van der Waals surface area contributed by atoms with Crippen molar-refractivity contribution in [3.05, 3.63) is 107 Å². The van der Waals surface area contributed by atoms with Crippen LogP contribution in [0.15, 0.2) is 84.9 Å². The van der Waals surface area contributed by atoms with Crippen LogP contribution in [0.25, 0.3) is 0 Å². The van der Waals surface area contributed by atoms with E-state index in [0.29, 0.717) is 11.1 Å². The number of nitrogens with one attached hydrogen (secondary N) is 2. The lowest BCUT2D eigenvalue weighted by Gasteiger charge is -2.16. The zero-order valence-corrected chi connectivity index (χ0v) is 16.1. The largest absolute Gasteiger partial charge is 0.346 e. The van der Waals surface area contributed by atoms with Crippen molar-refractivity contribution >= 4 is 11.8 Å². The molecule has 0 unspecified atom stereocenters. The predicted molar refractivity (Wildman–Crippen MR) is 111 cm³/mol. The summed E-state index contributed by atoms with van der Waals surface area (Å²) in [6.45, 7) is 3.87. The summed E-state index contributed by atoms with van der Waals surface area (Å²) in [4.78, 5) is 25.2. The van der Waals surface area contributed by atoms with Gasteiger partial charge in [-0.05, 0) is 43.2 Å². The standard InChI is InChI=1S/C24H24N2O2/c1-17(19-10-5-3-6-11-19)25-23(27)21-14-9-15-22(16-21)24(28)26-18(2)20-12-7-4-8-13-20/h3-18H,1-2H3,(H,25,27)(H,26,28)/t17-,18-/m0/s1. The van der Waals surface area contributed by atoms with E-state index in [1.807, 2.05) is 74.5 Å². The molecular weight excluding hydrogens is 348 g/mol. The van der Waals surface area contributed by atoms with Crippen molar-refractivity contribution in [2.24, 2.45) is 0 Å². The van der Waals surface area contributed by atoms with Gasteiger partial charge in [-0.1, -0.05) is 66.7 Å². The van der Waals surface area contributed by atoms with E-state index in [1.54, 1.807) is 24.3 Å². The van der Waals surface area contributed by atoms with Crippen LogP contribution in [-0.2, 0) is 0 Å². The second-order valence-electron chi connectivity index (χ2n) is 6.79. The van der Waals surface area contributed by atoms with Gasteiger partial charge < -0.3 is 10.6 Å². The molecule has 0 saturated carbocycles. The van der Waals surface area contributed by atoms with Gasteiger partial charge in [-0.25, -0.2) is 0 Å². The number of benzene rings is 3. The summed E-state index contributed by atoms with van der Waals surface area (Å²) < 4.78 is 0. The highest BCUT2D eigenvalue weighted by molar-refractivity contribution is 5.99. The molecule has 0 aliphatic rings. The minimum atomic E-state index is -0.206. The van der Waals surface area contributed by atoms with Crippen molar-refractivity contribution < 1.29 is 9.59 Å². The highest BCUT2D eigenvalue weighted by atomic mass is 16.2. The Morgan fingerprint density at radius 3 is 1.39 bits per heavy atom. The highest BCUT2D eigenvalue weighted by Crippen LogP contribution is 2.15. The smallest absolute Gasteiger partial charge is 0.251 e. The maximum absolute atomic E-state index is 12.6. The average Bonchev–Trinajstić information content (AvgIpc) is 2.75. The first kappa shape index (κ1) is 19.4. The molecule has 28 heavy (non-hydrogen) atoms. The van der Waals surface area contributed by atoms with E-state index in [-0.39, 0.29) is 23.9 Å². The first-order valence-corrected chi connectivity index (χ1v) is 9.36. The molecule has 0 heterocycles. The van der Waals surface area contributed by atoms with Gasteiger partial charge in [-0.3, -0.25) is 9.59 Å². The van der Waals surface area contributed by atoms with Crippen LogP contribution in [0.5, 0.6) is 0 Å². The van der Waals surface area contributed by atoms with Crippen molar-refractivity contribution in [2.45, 2.75) is 25.9 Å². The molecule has 2 amide bonds. The Morgan fingerprint density at radius 2 is 1.00 bits per heavy atom. The number of hydrogen-bond donors (Lipinski definition) is 2. The molecule has 4 nitrogen and oxygen atoms in total. The fourth-order valence-corrected chi connectivity index (χ4v) is 3.01. The van der Waals surface area contributed by atoms with E-state index in [9.17, 15) is 9.59 Å². The summed E-state index contributed by atoms with van der Waals surface area (Å²) >= 11 is 0. The van der Waals surface area contributed by atoms with Gasteiger partial charge in [0, 0.05) is 11.1 Å². The van der Waals surface area contributed by atoms with Crippen molar-refractivity contribution in [2.75, 3.05) is 0 Å². The van der Waals surface area contributed by atoms with Gasteiger partial charge in [0.1, 0.15) is 0 Å². The lowest BCUT2D eigenvalue weighted by molar-refractivity contribution is 0.0939. The third-order valence-corrected chi connectivity index (χ3v) is 4.68. The average molecular weight is 372 g/mol. The van der Waals surface area contributed by atoms with Gasteiger partial charge in [0.25, 0.3) is 11.8 Å². The Labute approximate surface area is 165 Å². The molecule has 0 radical (unpaired) electrons. The molecule has 4 heteroatoms. The van der Waals surface area contributed by atoms with Crippen LogP contribution in [0, 0.1) is 0 Å². The third-order valence-electron chi connectivity index (χ3n) is 4.68. The van der Waals surface area contributed by atoms with Crippen molar-refractivity contribution in [3.63, 3.8) is 0 Å². The number of rotatable bonds is 6. The molecule has 0 saturated heterocycles. The van der Waals surface area contributed by atoms with Gasteiger partial charge in [0.2, 0.25) is 0 Å². The Hall–Kier alpha value is -3.40. The van der Waals surface area contributed by atoms with Gasteiger partial charge in [0.15, 0.2) is 0 Å². The number of carbonyl (C=O) groups is 2. The molecular formula is C24H24N2O2. The van der Waals surface area contributed by atoms with Crippen LogP contribution < -0.4 is 10.6 Å². The van der Waals surface area contributed by atoms with Crippen molar-refractivity contribution in [3.8, 4) is 0 Å². The molecule has 0 bridgehead atoms. The fraction of sp³-hybridized carbons (Fsp3) is 0.167. The van der Waals surface area contributed by atoms with Crippen LogP contribution in [0.4, 0.5) is 0 Å². The van der Waals surface area contributed by atoms with Gasteiger partial charge in [-0.2, -0.15) is 0 Å². The van der Waals surface area contributed by atoms with Crippen LogP contribution in [0.2, 0.25) is 0 Å². The minimum Gasteiger partial charge on any atom is -0.346 e. The van der Waals surface area contributed by atoms with Crippen LogP contribution in [0.3, 0.4) is 0 Å². The van der Waals surface area contributed by atoms with Crippen molar-refractivity contribution in [1.82, 2.24) is 10.6 Å². The van der Waals surface area contributed by atoms with E-state index in [0.717, 1.165) is 11.1 Å². The van der Waals surface area contributed by atoms with E-state index >= 15 is 0 Å². The minimum absolute atomic E-state index is 0.121. The number of carbonyl (C=O) groups excluding carboxylic acids is 2. The van der Waals surface area contributed by atoms with Crippen LogP contribution >= 0.6 is 0 Å². The van der Waals surface area contributed by atoms with Gasteiger partial charge >= 0.3 is 0 Å². The van der Waals surface area contributed by atoms with Crippen LogP contribution in [-0.4, -0.2) is 11.8 Å². The van der Waals surface area contributed by atoms with E-state index in [2.05, 4.69) is 10.6 Å². The maximum Gasteiger partial charge on any atom is 0.251 e. The number of amides is 2. The summed E-state index contributed by atoms with van der Waals surface area (Å²) in [6.07, 6.45) is 0. The van der Waals surface area contributed by atoms with E-state index < -0.39 is 0 Å². The summed E-state index contributed by atoms with van der Waals surface area (Å²) in [5.74, 6) is -0.413. The molecule has 0 aliphatic heterocycles. The SMILES string of the molecule is C[C@H](NC(=O)c1cccc(C(=O)N[C@@H](C)c2ccccc2)c1)c1ccccc1. The molecule has 0 fully saturated rings. The van der Waals surface area contributed by atoms with Gasteiger partial charge in [0.05, 0.1) is 12.1 Å². The third kappa shape index (κ3) is 4.86. The molecule has 0 spiro atoms. The quantitative estimate of drug-likeness (QED) is 0.661. The molecule has 0 aromatic heterocycles. The number of hydrogen-bond acceptors (Lipinski definition) is 2. The summed E-state index contributed by atoms with van der Waals surface area (Å²) in [5.41, 5.74) is 2.98. The Morgan fingerprint density at radius 1 is 0.607 bits per heavy atom.